The van der Waals surface area contributed by atoms with Gasteiger partial charge in [-0.3, -0.25) is 14.2 Å². The molecule has 0 N–H and O–H groups in total. The van der Waals surface area contributed by atoms with Gasteiger partial charge in [-0.1, -0.05) is 17.7 Å². The van der Waals surface area contributed by atoms with Crippen LogP contribution in [0.5, 0.6) is 0 Å². The number of fused-ring (bicyclic) bond motifs is 1. The zero-order chi connectivity index (χ0) is 15.9. The molecule has 0 atom stereocenters. The van der Waals surface area contributed by atoms with Crippen molar-refractivity contribution in [1.82, 2.24) is 4.57 Å². The van der Waals surface area contributed by atoms with E-state index in [1.165, 1.54) is 10.6 Å². The van der Waals surface area contributed by atoms with Crippen molar-refractivity contribution in [3.05, 3.63) is 63.1 Å². The van der Waals surface area contributed by atoms with Gasteiger partial charge in [0.05, 0.1) is 11.5 Å². The molecule has 0 unspecified atom stereocenters. The van der Waals surface area contributed by atoms with Crippen LogP contribution in [-0.2, 0) is 6.42 Å². The lowest BCUT2D eigenvalue weighted by Gasteiger charge is -2.22. The van der Waals surface area contributed by atoms with Gasteiger partial charge in [0, 0.05) is 23.4 Å². The Balaban J connectivity index is 2.36. The maximum absolute atomic E-state index is 12.5. The summed E-state index contributed by atoms with van der Waals surface area (Å²) in [5.74, 6) is -1.70. The van der Waals surface area contributed by atoms with E-state index in [9.17, 15) is 19.5 Å². The standard InChI is InChI=1S/C17H15NO4/c1-10-5-7-11(8-6-10)18-14-3-2-4-15(19)12(14)9-13(16(18)20)17(21)22/h5-9H,2-4H2,1H3,(H,21,22)/p-1. The molecular weight excluding hydrogens is 282 g/mol. The third-order valence-electron chi connectivity index (χ3n) is 3.93. The molecular formula is C17H14NO4-. The zero-order valence-electron chi connectivity index (χ0n) is 12.1. The molecule has 3 rings (SSSR count). The fourth-order valence-corrected chi connectivity index (χ4v) is 2.80. The molecule has 1 aromatic carbocycles. The highest BCUT2D eigenvalue weighted by molar-refractivity contribution is 6.00. The number of hydrogen-bond donors (Lipinski definition) is 0. The molecule has 0 saturated carbocycles. The highest BCUT2D eigenvalue weighted by Gasteiger charge is 2.24. The van der Waals surface area contributed by atoms with E-state index in [1.807, 2.05) is 19.1 Å². The van der Waals surface area contributed by atoms with E-state index in [2.05, 4.69) is 0 Å². The lowest BCUT2D eigenvalue weighted by atomic mass is 9.93. The zero-order valence-corrected chi connectivity index (χ0v) is 12.1. The third kappa shape index (κ3) is 2.24. The molecule has 5 heteroatoms. The molecule has 0 amide bonds. The van der Waals surface area contributed by atoms with Crippen molar-refractivity contribution in [3.8, 4) is 5.69 Å². The van der Waals surface area contributed by atoms with Gasteiger partial charge in [0.15, 0.2) is 5.78 Å². The van der Waals surface area contributed by atoms with Gasteiger partial charge in [-0.05, 0) is 38.0 Å². The predicted octanol–water partition coefficient (Wildman–Crippen LogP) is 1.03. The Morgan fingerprint density at radius 2 is 1.82 bits per heavy atom. The van der Waals surface area contributed by atoms with E-state index in [0.29, 0.717) is 36.2 Å². The summed E-state index contributed by atoms with van der Waals surface area (Å²) in [7, 11) is 0. The minimum atomic E-state index is -1.56. The van der Waals surface area contributed by atoms with Crippen molar-refractivity contribution in [2.45, 2.75) is 26.2 Å². The molecule has 112 valence electrons. The molecule has 0 aliphatic heterocycles. The summed E-state index contributed by atoms with van der Waals surface area (Å²) >= 11 is 0. The van der Waals surface area contributed by atoms with Crippen molar-refractivity contribution in [2.75, 3.05) is 0 Å². The average molecular weight is 296 g/mol. The van der Waals surface area contributed by atoms with Crippen molar-refractivity contribution in [1.29, 1.82) is 0 Å². The van der Waals surface area contributed by atoms with Crippen LogP contribution in [0.2, 0.25) is 0 Å². The summed E-state index contributed by atoms with van der Waals surface area (Å²) in [4.78, 5) is 35.8. The summed E-state index contributed by atoms with van der Waals surface area (Å²) < 4.78 is 1.33. The Kier molecular flexibility index (Phi) is 3.41. The lowest BCUT2D eigenvalue weighted by molar-refractivity contribution is -0.255. The van der Waals surface area contributed by atoms with Crippen LogP contribution in [-0.4, -0.2) is 16.3 Å². The average Bonchev–Trinajstić information content (AvgIpc) is 2.48. The highest BCUT2D eigenvalue weighted by Crippen LogP contribution is 2.23. The van der Waals surface area contributed by atoms with Crippen LogP contribution in [0.3, 0.4) is 0 Å². The van der Waals surface area contributed by atoms with Gasteiger partial charge >= 0.3 is 0 Å². The Bertz CT molecular complexity index is 831. The molecule has 22 heavy (non-hydrogen) atoms. The van der Waals surface area contributed by atoms with Gasteiger partial charge in [-0.15, -0.1) is 0 Å². The summed E-state index contributed by atoms with van der Waals surface area (Å²) in [5, 5.41) is 11.2. The van der Waals surface area contributed by atoms with Gasteiger partial charge in [0.25, 0.3) is 5.56 Å². The maximum Gasteiger partial charge on any atom is 0.264 e. The summed E-state index contributed by atoms with van der Waals surface area (Å²) in [6.07, 6.45) is 1.59. The van der Waals surface area contributed by atoms with E-state index < -0.39 is 17.1 Å². The molecule has 5 nitrogen and oxygen atoms in total. The number of rotatable bonds is 2. The first-order chi connectivity index (χ1) is 10.5. The van der Waals surface area contributed by atoms with E-state index in [0.717, 1.165) is 5.56 Å². The van der Waals surface area contributed by atoms with E-state index in [-0.39, 0.29) is 5.78 Å². The number of pyridine rings is 1. The van der Waals surface area contributed by atoms with E-state index in [1.54, 1.807) is 12.1 Å². The van der Waals surface area contributed by atoms with Crippen LogP contribution < -0.4 is 10.7 Å². The van der Waals surface area contributed by atoms with Crippen molar-refractivity contribution in [3.63, 3.8) is 0 Å². The number of Topliss-reactive ketones (excluding diaryl/α,β-unsaturated/α-hetero) is 1. The van der Waals surface area contributed by atoms with Gasteiger partial charge < -0.3 is 9.90 Å². The minimum Gasteiger partial charge on any atom is -0.545 e. The smallest absolute Gasteiger partial charge is 0.264 e. The number of aromatic nitrogens is 1. The topological polar surface area (TPSA) is 79.2 Å². The molecule has 0 radical (unpaired) electrons. The lowest BCUT2D eigenvalue weighted by Crippen LogP contribution is -2.36. The van der Waals surface area contributed by atoms with E-state index in [4.69, 9.17) is 0 Å². The second kappa shape index (κ2) is 5.26. The fraction of sp³-hybridized carbons (Fsp3) is 0.235. The normalized spacial score (nSPS) is 13.8. The number of carboxylic acid groups (broad SMARTS) is 1. The number of nitrogens with zero attached hydrogens (tertiary/aromatic N) is 1. The summed E-state index contributed by atoms with van der Waals surface area (Å²) in [6, 6.07) is 8.33. The Labute approximate surface area is 126 Å². The number of carbonyl (C=O) groups excluding carboxylic acids is 2. The molecule has 0 spiro atoms. The number of carboxylic acids is 1. The summed E-state index contributed by atoms with van der Waals surface area (Å²) in [5.41, 5.74) is 1.34. The van der Waals surface area contributed by atoms with E-state index >= 15 is 0 Å². The fourth-order valence-electron chi connectivity index (χ4n) is 2.80. The first kappa shape index (κ1) is 14.3. The molecule has 1 heterocycles. The molecule has 0 saturated heterocycles. The quantitative estimate of drug-likeness (QED) is 0.829. The number of carbonyl (C=O) groups is 2. The van der Waals surface area contributed by atoms with Gasteiger partial charge in [-0.25, -0.2) is 0 Å². The largest absolute Gasteiger partial charge is 0.545 e. The molecule has 1 aliphatic rings. The Morgan fingerprint density at radius 3 is 2.45 bits per heavy atom. The van der Waals surface area contributed by atoms with Crippen LogP contribution in [0.15, 0.2) is 35.1 Å². The number of aromatic carboxylic acids is 1. The van der Waals surface area contributed by atoms with Crippen molar-refractivity contribution in [2.24, 2.45) is 0 Å². The van der Waals surface area contributed by atoms with Crippen LogP contribution in [0.25, 0.3) is 5.69 Å². The Hall–Kier alpha value is -2.69. The maximum atomic E-state index is 12.5. The second-order valence-corrected chi connectivity index (χ2v) is 5.46. The molecule has 0 fully saturated rings. The minimum absolute atomic E-state index is 0.135. The first-order valence-electron chi connectivity index (χ1n) is 7.09. The summed E-state index contributed by atoms with van der Waals surface area (Å²) in [6.45, 7) is 1.92. The van der Waals surface area contributed by atoms with Crippen LogP contribution in [0.4, 0.5) is 0 Å². The van der Waals surface area contributed by atoms with Crippen molar-refractivity contribution < 1.29 is 14.7 Å². The number of aryl methyl sites for hydroxylation is 1. The first-order valence-corrected chi connectivity index (χ1v) is 7.09. The molecule has 0 bridgehead atoms. The van der Waals surface area contributed by atoms with Crippen LogP contribution in [0.1, 0.15) is 44.8 Å². The SMILES string of the molecule is Cc1ccc(-n2c3c(cc(C(=O)[O-])c2=O)C(=O)CCC3)cc1. The predicted molar refractivity (Wildman–Crippen MR) is 78.4 cm³/mol. The molecule has 1 aliphatic carbocycles. The second-order valence-electron chi connectivity index (χ2n) is 5.46. The van der Waals surface area contributed by atoms with Gasteiger partial charge in [0.1, 0.15) is 0 Å². The number of ketones is 1. The number of hydrogen-bond acceptors (Lipinski definition) is 4. The third-order valence-corrected chi connectivity index (χ3v) is 3.93. The van der Waals surface area contributed by atoms with Gasteiger partial charge in [-0.2, -0.15) is 0 Å². The van der Waals surface area contributed by atoms with Gasteiger partial charge in [0.2, 0.25) is 0 Å². The highest BCUT2D eigenvalue weighted by atomic mass is 16.4. The van der Waals surface area contributed by atoms with Crippen molar-refractivity contribution >= 4 is 11.8 Å². The molecule has 1 aromatic heterocycles. The van der Waals surface area contributed by atoms with Crippen LogP contribution in [0, 0.1) is 6.92 Å². The Morgan fingerprint density at radius 1 is 1.14 bits per heavy atom. The number of benzene rings is 1. The monoisotopic (exact) mass is 296 g/mol. The van der Waals surface area contributed by atoms with Crippen LogP contribution >= 0.6 is 0 Å². The molecule has 2 aromatic rings.